The third-order valence-corrected chi connectivity index (χ3v) is 12.3. The van der Waals surface area contributed by atoms with Gasteiger partial charge < -0.3 is 4.57 Å². The van der Waals surface area contributed by atoms with Gasteiger partial charge in [-0.1, -0.05) is 91.0 Å². The van der Waals surface area contributed by atoms with Crippen LogP contribution in [0.5, 0.6) is 0 Å². The van der Waals surface area contributed by atoms with Crippen LogP contribution in [-0.4, -0.2) is 4.57 Å². The van der Waals surface area contributed by atoms with E-state index in [-0.39, 0.29) is 5.41 Å². The lowest BCUT2D eigenvalue weighted by Gasteiger charge is -2.61. The van der Waals surface area contributed by atoms with Crippen LogP contribution in [-0.2, 0) is 5.41 Å². The summed E-state index contributed by atoms with van der Waals surface area (Å²) in [6.07, 6.45) is 7.18. The van der Waals surface area contributed by atoms with Crippen molar-refractivity contribution in [3.8, 4) is 16.8 Å². The van der Waals surface area contributed by atoms with E-state index in [1.54, 1.807) is 11.1 Å². The molecule has 5 aliphatic rings. The number of hydrogen-bond acceptors (Lipinski definition) is 0. The summed E-state index contributed by atoms with van der Waals surface area (Å²) in [6.45, 7) is 0. The van der Waals surface area contributed by atoms with E-state index in [1.807, 2.05) is 0 Å². The highest BCUT2D eigenvalue weighted by atomic mass is 15.0. The van der Waals surface area contributed by atoms with Gasteiger partial charge in [0.25, 0.3) is 0 Å². The Bertz CT molecular complexity index is 2290. The molecule has 0 saturated heterocycles. The maximum atomic E-state index is 2.57. The van der Waals surface area contributed by atoms with Crippen molar-refractivity contribution in [3.63, 3.8) is 0 Å². The van der Waals surface area contributed by atoms with E-state index < -0.39 is 0 Å². The van der Waals surface area contributed by atoms with E-state index in [1.165, 1.54) is 92.3 Å². The highest BCUT2D eigenvalue weighted by Crippen LogP contribution is 2.70. The number of para-hydroxylation sites is 1. The molecule has 5 aliphatic carbocycles. The Labute approximate surface area is 251 Å². The minimum Gasteiger partial charge on any atom is -0.309 e. The van der Waals surface area contributed by atoms with Crippen molar-refractivity contribution in [2.75, 3.05) is 0 Å². The van der Waals surface area contributed by atoms with E-state index in [0.29, 0.717) is 0 Å². The van der Waals surface area contributed by atoms with Gasteiger partial charge in [-0.2, -0.15) is 0 Å². The molecule has 4 fully saturated rings. The quantitative estimate of drug-likeness (QED) is 0.179. The first-order valence-corrected chi connectivity index (χ1v) is 16.4. The second-order valence-electron chi connectivity index (χ2n) is 14.1. The first-order valence-electron chi connectivity index (χ1n) is 16.4. The molecule has 0 amide bonds. The molecule has 4 bridgehead atoms. The zero-order chi connectivity index (χ0) is 27.9. The summed E-state index contributed by atoms with van der Waals surface area (Å²) in [5.74, 6) is 3.49. The summed E-state index contributed by atoms with van der Waals surface area (Å²) in [4.78, 5) is 0. The monoisotopic (exact) mass is 551 g/mol. The molecule has 7 aromatic rings. The van der Waals surface area contributed by atoms with Gasteiger partial charge in [0.05, 0.1) is 11.0 Å². The van der Waals surface area contributed by atoms with Crippen LogP contribution in [0, 0.1) is 23.7 Å². The summed E-state index contributed by atoms with van der Waals surface area (Å²) >= 11 is 0. The Morgan fingerprint density at radius 3 is 2.07 bits per heavy atom. The van der Waals surface area contributed by atoms with Crippen LogP contribution in [0.15, 0.2) is 115 Å². The van der Waals surface area contributed by atoms with Crippen molar-refractivity contribution in [2.45, 2.75) is 37.5 Å². The SMILES string of the molecule is c1ccc2c(c1)-c1c(ccc3c1c1ccccc1n3-c1ccc3c(ccc4ccccc43)c1)C21C2CC3CC(C2)CC1C3. The minimum absolute atomic E-state index is 0.195. The van der Waals surface area contributed by atoms with E-state index in [9.17, 15) is 0 Å². The van der Waals surface area contributed by atoms with Crippen LogP contribution in [0.2, 0.25) is 0 Å². The number of fused-ring (bicyclic) bond motifs is 10. The molecule has 0 atom stereocenters. The molecule has 0 N–H and O–H groups in total. The predicted octanol–water partition coefficient (Wildman–Crippen LogP) is 10.8. The van der Waals surface area contributed by atoms with Crippen molar-refractivity contribution in [1.82, 2.24) is 4.57 Å². The largest absolute Gasteiger partial charge is 0.309 e. The Morgan fingerprint density at radius 2 is 1.21 bits per heavy atom. The fourth-order valence-corrected chi connectivity index (χ4v) is 11.1. The lowest BCUT2D eigenvalue weighted by atomic mass is 9.43. The van der Waals surface area contributed by atoms with Crippen molar-refractivity contribution >= 4 is 43.4 Å². The average molecular weight is 552 g/mol. The summed E-state index contributed by atoms with van der Waals surface area (Å²) in [5.41, 5.74) is 10.4. The third kappa shape index (κ3) is 2.76. The van der Waals surface area contributed by atoms with Gasteiger partial charge in [0, 0.05) is 21.9 Å². The van der Waals surface area contributed by atoms with Crippen LogP contribution < -0.4 is 0 Å². The molecule has 1 heteroatoms. The number of rotatable bonds is 1. The van der Waals surface area contributed by atoms with Crippen LogP contribution in [0.1, 0.15) is 43.2 Å². The maximum Gasteiger partial charge on any atom is 0.0547 e. The first-order chi connectivity index (χ1) is 21.3. The molecule has 0 unspecified atom stereocenters. The lowest BCUT2D eigenvalue weighted by Crippen LogP contribution is -2.55. The normalized spacial score (nSPS) is 26.7. The molecule has 1 spiro atoms. The average Bonchev–Trinajstić information content (AvgIpc) is 3.54. The van der Waals surface area contributed by atoms with Gasteiger partial charge in [0.1, 0.15) is 0 Å². The summed E-state index contributed by atoms with van der Waals surface area (Å²) in [5, 5.41) is 8.06. The number of nitrogens with zero attached hydrogens (tertiary/aromatic N) is 1. The molecule has 0 aliphatic heterocycles. The van der Waals surface area contributed by atoms with Crippen molar-refractivity contribution < 1.29 is 0 Å². The molecule has 6 aromatic carbocycles. The van der Waals surface area contributed by atoms with Crippen LogP contribution in [0.3, 0.4) is 0 Å². The van der Waals surface area contributed by atoms with Crippen molar-refractivity contribution in [2.24, 2.45) is 23.7 Å². The molecule has 206 valence electrons. The fraction of sp³-hybridized carbons (Fsp3) is 0.238. The highest BCUT2D eigenvalue weighted by Gasteiger charge is 2.61. The van der Waals surface area contributed by atoms with E-state index in [4.69, 9.17) is 0 Å². The van der Waals surface area contributed by atoms with Gasteiger partial charge in [-0.3, -0.25) is 0 Å². The molecule has 1 heterocycles. The maximum absolute atomic E-state index is 2.57. The summed E-state index contributed by atoms with van der Waals surface area (Å²) in [6, 6.07) is 44.1. The van der Waals surface area contributed by atoms with Crippen LogP contribution in [0.4, 0.5) is 0 Å². The summed E-state index contributed by atoms with van der Waals surface area (Å²) in [7, 11) is 0. The predicted molar refractivity (Wildman–Crippen MR) is 179 cm³/mol. The molecule has 1 nitrogen and oxygen atoms in total. The zero-order valence-electron chi connectivity index (χ0n) is 24.3. The van der Waals surface area contributed by atoms with Gasteiger partial charge in [-0.25, -0.2) is 0 Å². The van der Waals surface area contributed by atoms with E-state index in [2.05, 4.69) is 120 Å². The standard InChI is InChI=1S/C42H33N/c1-2-8-32-27(7-1)13-14-28-24-31(15-16-33(28)32)43-38-12-6-4-10-35(38)41-39(43)18-17-37-40(41)34-9-3-5-11-36(34)42(37)29-20-25-19-26(22-29)23-30(42)21-25/h1-18,24-26,29-30H,19-23H2. The molecule has 12 rings (SSSR count). The van der Waals surface area contributed by atoms with Gasteiger partial charge in [-0.05, 0) is 124 Å². The number of hydrogen-bond donors (Lipinski definition) is 0. The Hall–Kier alpha value is -4.36. The molecule has 43 heavy (non-hydrogen) atoms. The van der Waals surface area contributed by atoms with Crippen molar-refractivity contribution in [3.05, 3.63) is 126 Å². The number of benzene rings is 6. The van der Waals surface area contributed by atoms with E-state index in [0.717, 1.165) is 23.7 Å². The fourth-order valence-electron chi connectivity index (χ4n) is 11.1. The lowest BCUT2D eigenvalue weighted by molar-refractivity contribution is -0.0399. The Balaban J connectivity index is 1.22. The van der Waals surface area contributed by atoms with Crippen LogP contribution in [0.25, 0.3) is 60.2 Å². The molecule has 1 aromatic heterocycles. The van der Waals surface area contributed by atoms with Crippen LogP contribution >= 0.6 is 0 Å². The molecule has 0 radical (unpaired) electrons. The van der Waals surface area contributed by atoms with Gasteiger partial charge in [-0.15, -0.1) is 0 Å². The molecular formula is C42H33N. The smallest absolute Gasteiger partial charge is 0.0547 e. The topological polar surface area (TPSA) is 4.93 Å². The van der Waals surface area contributed by atoms with E-state index >= 15 is 0 Å². The molecule has 4 saturated carbocycles. The Kier molecular flexibility index (Phi) is 4.29. The second kappa shape index (κ2) is 7.97. The first kappa shape index (κ1) is 23.1. The van der Waals surface area contributed by atoms with Gasteiger partial charge in [0.2, 0.25) is 0 Å². The zero-order valence-corrected chi connectivity index (χ0v) is 24.3. The van der Waals surface area contributed by atoms with Crippen molar-refractivity contribution in [1.29, 1.82) is 0 Å². The van der Waals surface area contributed by atoms with Gasteiger partial charge >= 0.3 is 0 Å². The number of aromatic nitrogens is 1. The minimum atomic E-state index is 0.195. The van der Waals surface area contributed by atoms with Gasteiger partial charge in [0.15, 0.2) is 0 Å². The third-order valence-electron chi connectivity index (χ3n) is 12.3. The second-order valence-corrected chi connectivity index (χ2v) is 14.1. The Morgan fingerprint density at radius 1 is 0.512 bits per heavy atom. The summed E-state index contributed by atoms with van der Waals surface area (Å²) < 4.78 is 2.53. The molecular weight excluding hydrogens is 518 g/mol. The highest BCUT2D eigenvalue weighted by molar-refractivity contribution is 6.18.